The van der Waals surface area contributed by atoms with Crippen LogP contribution in [0.2, 0.25) is 0 Å². The number of hydrogen-bond acceptors (Lipinski definition) is 4. The Hall–Kier alpha value is -3.49. The zero-order valence-electron chi connectivity index (χ0n) is 18.8. The van der Waals surface area contributed by atoms with E-state index in [-0.39, 0.29) is 6.04 Å². The standard InChI is InChI=1S/C28H28N4S/c1-2-3-17-32(24-13-15-26(16-14-24)33-25-7-5-4-6-8-25)28(27-20-30-21-31-27)18-22-9-11-23(19-29)12-10-22/h4-16,20-21,28H,2-3,17-18H2,1H3,(H,30,31). The quantitative estimate of drug-likeness (QED) is 0.281. The summed E-state index contributed by atoms with van der Waals surface area (Å²) in [4.78, 5) is 12.6. The molecule has 0 saturated heterocycles. The van der Waals surface area contributed by atoms with E-state index in [9.17, 15) is 0 Å². The third-order valence-corrected chi connectivity index (χ3v) is 6.68. The zero-order chi connectivity index (χ0) is 22.9. The van der Waals surface area contributed by atoms with Crippen LogP contribution in [0.15, 0.2) is 101 Å². The number of nitriles is 1. The highest BCUT2D eigenvalue weighted by Crippen LogP contribution is 2.33. The number of nitrogens with one attached hydrogen (secondary N) is 1. The Morgan fingerprint density at radius 3 is 2.33 bits per heavy atom. The summed E-state index contributed by atoms with van der Waals surface area (Å²) < 4.78 is 0. The number of nitrogens with zero attached hydrogens (tertiary/aromatic N) is 3. The van der Waals surface area contributed by atoms with Gasteiger partial charge in [-0.1, -0.05) is 55.4 Å². The van der Waals surface area contributed by atoms with Crippen molar-refractivity contribution in [2.45, 2.75) is 42.0 Å². The van der Waals surface area contributed by atoms with Crippen molar-refractivity contribution in [2.75, 3.05) is 11.4 Å². The molecule has 0 radical (unpaired) electrons. The van der Waals surface area contributed by atoms with E-state index in [1.807, 2.05) is 24.4 Å². The minimum Gasteiger partial charge on any atom is -0.363 e. The van der Waals surface area contributed by atoms with E-state index in [2.05, 4.69) is 88.5 Å². The van der Waals surface area contributed by atoms with Gasteiger partial charge in [0.15, 0.2) is 0 Å². The van der Waals surface area contributed by atoms with E-state index in [1.165, 1.54) is 21.0 Å². The molecule has 0 bridgehead atoms. The van der Waals surface area contributed by atoms with Gasteiger partial charge in [-0.25, -0.2) is 4.98 Å². The molecular weight excluding hydrogens is 424 g/mol. The van der Waals surface area contributed by atoms with Crippen LogP contribution in [0.4, 0.5) is 5.69 Å². The summed E-state index contributed by atoms with van der Waals surface area (Å²) in [5.41, 5.74) is 4.19. The lowest BCUT2D eigenvalue weighted by atomic mass is 10.00. The number of unbranched alkanes of at least 4 members (excludes halogenated alkanes) is 1. The van der Waals surface area contributed by atoms with Crippen molar-refractivity contribution in [3.05, 3.63) is 108 Å². The summed E-state index contributed by atoms with van der Waals surface area (Å²) >= 11 is 1.78. The molecule has 0 saturated carbocycles. The van der Waals surface area contributed by atoms with Gasteiger partial charge in [-0.2, -0.15) is 5.26 Å². The molecule has 166 valence electrons. The predicted octanol–water partition coefficient (Wildman–Crippen LogP) is 7.02. The Morgan fingerprint density at radius 2 is 1.70 bits per heavy atom. The van der Waals surface area contributed by atoms with Gasteiger partial charge < -0.3 is 9.88 Å². The van der Waals surface area contributed by atoms with Crippen molar-refractivity contribution >= 4 is 17.4 Å². The van der Waals surface area contributed by atoms with Gasteiger partial charge in [0, 0.05) is 22.0 Å². The molecule has 33 heavy (non-hydrogen) atoms. The first-order valence-corrected chi connectivity index (χ1v) is 12.2. The second-order valence-corrected chi connectivity index (χ2v) is 9.14. The zero-order valence-corrected chi connectivity index (χ0v) is 19.6. The van der Waals surface area contributed by atoms with Crippen molar-refractivity contribution in [2.24, 2.45) is 0 Å². The largest absolute Gasteiger partial charge is 0.363 e. The van der Waals surface area contributed by atoms with Crippen LogP contribution < -0.4 is 4.90 Å². The van der Waals surface area contributed by atoms with E-state index in [1.54, 1.807) is 18.1 Å². The van der Waals surface area contributed by atoms with Crippen LogP contribution in [0, 0.1) is 11.3 Å². The molecule has 0 aliphatic rings. The molecule has 0 aliphatic carbocycles. The monoisotopic (exact) mass is 452 g/mol. The van der Waals surface area contributed by atoms with Crippen molar-refractivity contribution in [3.8, 4) is 6.07 Å². The minimum atomic E-state index is 0.125. The lowest BCUT2D eigenvalue weighted by Gasteiger charge is -2.33. The first-order valence-electron chi connectivity index (χ1n) is 11.3. The maximum absolute atomic E-state index is 9.14. The molecule has 5 heteroatoms. The number of hydrogen-bond donors (Lipinski definition) is 1. The van der Waals surface area contributed by atoms with Gasteiger partial charge >= 0.3 is 0 Å². The fraction of sp³-hybridized carbons (Fsp3) is 0.214. The molecule has 4 nitrogen and oxygen atoms in total. The first kappa shape index (κ1) is 22.7. The van der Waals surface area contributed by atoms with Crippen LogP contribution >= 0.6 is 11.8 Å². The maximum atomic E-state index is 9.14. The molecule has 0 amide bonds. The Kier molecular flexibility index (Phi) is 7.84. The van der Waals surface area contributed by atoms with Gasteiger partial charge in [-0.05, 0) is 66.9 Å². The normalized spacial score (nSPS) is 11.6. The lowest BCUT2D eigenvalue weighted by molar-refractivity contribution is 0.584. The summed E-state index contributed by atoms with van der Waals surface area (Å²) in [7, 11) is 0. The molecule has 0 spiro atoms. The number of aromatic nitrogens is 2. The topological polar surface area (TPSA) is 55.7 Å². The van der Waals surface area contributed by atoms with Gasteiger partial charge in [0.1, 0.15) is 0 Å². The molecule has 1 atom stereocenters. The Balaban J connectivity index is 1.61. The summed E-state index contributed by atoms with van der Waals surface area (Å²) in [5, 5.41) is 9.14. The highest BCUT2D eigenvalue weighted by molar-refractivity contribution is 7.99. The highest BCUT2D eigenvalue weighted by Gasteiger charge is 2.22. The summed E-state index contributed by atoms with van der Waals surface area (Å²) in [6.07, 6.45) is 6.74. The highest BCUT2D eigenvalue weighted by atomic mass is 32.2. The van der Waals surface area contributed by atoms with Crippen LogP contribution in [-0.2, 0) is 6.42 Å². The third kappa shape index (κ3) is 6.06. The molecule has 4 aromatic rings. The fourth-order valence-electron chi connectivity index (χ4n) is 3.90. The van der Waals surface area contributed by atoms with Crippen molar-refractivity contribution in [3.63, 3.8) is 0 Å². The van der Waals surface area contributed by atoms with Crippen molar-refractivity contribution in [1.29, 1.82) is 5.26 Å². The van der Waals surface area contributed by atoms with Crippen LogP contribution in [-0.4, -0.2) is 16.5 Å². The van der Waals surface area contributed by atoms with Gasteiger partial charge in [0.05, 0.1) is 35.9 Å². The number of imidazole rings is 1. The van der Waals surface area contributed by atoms with Gasteiger partial charge in [-0.3, -0.25) is 0 Å². The molecule has 1 N–H and O–H groups in total. The lowest BCUT2D eigenvalue weighted by Crippen LogP contribution is -2.31. The Bertz CT molecular complexity index is 1150. The maximum Gasteiger partial charge on any atom is 0.0991 e. The van der Waals surface area contributed by atoms with Gasteiger partial charge in [-0.15, -0.1) is 0 Å². The molecule has 3 aromatic carbocycles. The smallest absolute Gasteiger partial charge is 0.0991 e. The minimum absolute atomic E-state index is 0.125. The number of aromatic amines is 1. The third-order valence-electron chi connectivity index (χ3n) is 5.67. The molecule has 1 heterocycles. The van der Waals surface area contributed by atoms with Crippen LogP contribution in [0.3, 0.4) is 0 Å². The van der Waals surface area contributed by atoms with Crippen molar-refractivity contribution in [1.82, 2.24) is 9.97 Å². The molecule has 0 aliphatic heterocycles. The molecule has 1 unspecified atom stereocenters. The first-order chi connectivity index (χ1) is 16.3. The van der Waals surface area contributed by atoms with E-state index in [0.29, 0.717) is 5.56 Å². The number of benzene rings is 3. The molecule has 4 rings (SSSR count). The SMILES string of the molecule is CCCCN(c1ccc(Sc2ccccc2)cc1)C(Cc1ccc(C#N)cc1)c1cnc[nH]1. The van der Waals surface area contributed by atoms with E-state index in [4.69, 9.17) is 5.26 Å². The van der Waals surface area contributed by atoms with E-state index >= 15 is 0 Å². The van der Waals surface area contributed by atoms with E-state index in [0.717, 1.165) is 31.5 Å². The second-order valence-electron chi connectivity index (χ2n) is 7.99. The van der Waals surface area contributed by atoms with Crippen LogP contribution in [0.1, 0.15) is 42.6 Å². The fourth-order valence-corrected chi connectivity index (χ4v) is 4.74. The molecular formula is C28H28N4S. The number of anilines is 1. The average Bonchev–Trinajstić information content (AvgIpc) is 3.40. The summed E-state index contributed by atoms with van der Waals surface area (Å²) in [6, 6.07) is 29.6. The Labute approximate surface area is 200 Å². The van der Waals surface area contributed by atoms with E-state index < -0.39 is 0 Å². The molecule has 1 aromatic heterocycles. The van der Waals surface area contributed by atoms with Crippen LogP contribution in [0.5, 0.6) is 0 Å². The predicted molar refractivity (Wildman–Crippen MR) is 135 cm³/mol. The van der Waals surface area contributed by atoms with Gasteiger partial charge in [0.2, 0.25) is 0 Å². The van der Waals surface area contributed by atoms with Crippen molar-refractivity contribution < 1.29 is 0 Å². The van der Waals surface area contributed by atoms with Gasteiger partial charge in [0.25, 0.3) is 0 Å². The molecule has 0 fully saturated rings. The van der Waals surface area contributed by atoms with Crippen LogP contribution in [0.25, 0.3) is 0 Å². The summed E-state index contributed by atoms with van der Waals surface area (Å²) in [5.74, 6) is 0. The second kappa shape index (κ2) is 11.4. The Morgan fingerprint density at radius 1 is 0.970 bits per heavy atom. The number of rotatable bonds is 10. The average molecular weight is 453 g/mol. The summed E-state index contributed by atoms with van der Waals surface area (Å²) in [6.45, 7) is 3.19. The number of H-pyrrole nitrogens is 1.